The van der Waals surface area contributed by atoms with Crippen molar-refractivity contribution in [2.75, 3.05) is 39.4 Å². The van der Waals surface area contributed by atoms with E-state index in [9.17, 15) is 0 Å². The van der Waals surface area contributed by atoms with Crippen LogP contribution in [0.2, 0.25) is 0 Å². The minimum absolute atomic E-state index is 0.703. The minimum atomic E-state index is 0.703. The first-order chi connectivity index (χ1) is 12.4. The molecule has 3 nitrogen and oxygen atoms in total. The zero-order valence-corrected chi connectivity index (χ0v) is 15.7. The van der Waals surface area contributed by atoms with E-state index in [4.69, 9.17) is 4.74 Å². The van der Waals surface area contributed by atoms with Crippen molar-refractivity contribution in [3.8, 4) is 10.4 Å². The van der Waals surface area contributed by atoms with Gasteiger partial charge >= 0.3 is 0 Å². The van der Waals surface area contributed by atoms with Crippen LogP contribution < -0.4 is 0 Å². The number of piperidine rings is 1. The van der Waals surface area contributed by atoms with Gasteiger partial charge in [0.25, 0.3) is 0 Å². The summed E-state index contributed by atoms with van der Waals surface area (Å²) in [6.07, 6.45) is 4.07. The van der Waals surface area contributed by atoms with Crippen LogP contribution in [0.25, 0.3) is 10.4 Å². The third-order valence-corrected chi connectivity index (χ3v) is 6.52. The Morgan fingerprint density at radius 3 is 2.64 bits per heavy atom. The fourth-order valence-corrected chi connectivity index (χ4v) is 5.02. The zero-order chi connectivity index (χ0) is 16.9. The molecule has 4 heteroatoms. The van der Waals surface area contributed by atoms with E-state index in [1.807, 2.05) is 11.3 Å². The van der Waals surface area contributed by atoms with E-state index >= 15 is 0 Å². The minimum Gasteiger partial charge on any atom is -0.379 e. The van der Waals surface area contributed by atoms with Gasteiger partial charge in [-0.05, 0) is 37.1 Å². The summed E-state index contributed by atoms with van der Waals surface area (Å²) in [5.74, 6) is 0. The van der Waals surface area contributed by atoms with Crippen molar-refractivity contribution in [3.05, 3.63) is 47.3 Å². The average Bonchev–Trinajstić information content (AvgIpc) is 3.14. The lowest BCUT2D eigenvalue weighted by atomic mass is 10.0. The van der Waals surface area contributed by atoms with Gasteiger partial charge < -0.3 is 4.74 Å². The van der Waals surface area contributed by atoms with E-state index in [0.717, 1.165) is 32.8 Å². The second-order valence-corrected chi connectivity index (χ2v) is 8.33. The fraction of sp³-hybridized carbons (Fsp3) is 0.524. The number of benzene rings is 1. The lowest BCUT2D eigenvalue weighted by Crippen LogP contribution is -2.48. The van der Waals surface area contributed by atoms with Gasteiger partial charge in [-0.2, -0.15) is 0 Å². The monoisotopic (exact) mass is 356 g/mol. The molecule has 0 N–H and O–H groups in total. The van der Waals surface area contributed by atoms with E-state index in [0.29, 0.717) is 6.04 Å². The predicted octanol–water partition coefficient (Wildman–Crippen LogP) is 4.10. The molecule has 0 spiro atoms. The number of hydrogen-bond donors (Lipinski definition) is 0. The van der Waals surface area contributed by atoms with Crippen LogP contribution in [0.3, 0.4) is 0 Å². The quantitative estimate of drug-likeness (QED) is 0.802. The molecule has 25 heavy (non-hydrogen) atoms. The first kappa shape index (κ1) is 17.2. The Hall–Kier alpha value is -1.20. The molecule has 2 aromatic rings. The van der Waals surface area contributed by atoms with Gasteiger partial charge in [0.1, 0.15) is 0 Å². The molecule has 3 heterocycles. The second kappa shape index (κ2) is 8.45. The van der Waals surface area contributed by atoms with Crippen molar-refractivity contribution in [2.24, 2.45) is 0 Å². The Balaban J connectivity index is 1.40. The molecule has 1 aromatic carbocycles. The van der Waals surface area contributed by atoms with Crippen molar-refractivity contribution >= 4 is 11.3 Å². The molecule has 2 fully saturated rings. The number of ether oxygens (including phenoxy) is 1. The number of rotatable bonds is 5. The van der Waals surface area contributed by atoms with Crippen LogP contribution in [0.5, 0.6) is 0 Å². The largest absolute Gasteiger partial charge is 0.379 e. The summed E-state index contributed by atoms with van der Waals surface area (Å²) in [6.45, 7) is 7.56. The van der Waals surface area contributed by atoms with Crippen LogP contribution in [-0.4, -0.2) is 55.2 Å². The highest BCUT2D eigenvalue weighted by molar-refractivity contribution is 7.15. The summed E-state index contributed by atoms with van der Waals surface area (Å²) < 4.78 is 5.50. The molecule has 0 aliphatic carbocycles. The van der Waals surface area contributed by atoms with Crippen molar-refractivity contribution in [1.82, 2.24) is 9.80 Å². The van der Waals surface area contributed by atoms with Gasteiger partial charge in [-0.25, -0.2) is 0 Å². The standard InChI is InChI=1S/C21H28N2OS/c1-2-6-18(7-3-1)21-10-9-20(25-21)17-23-11-5-4-8-19(23)16-22-12-14-24-15-13-22/h1-3,6-7,9-10,19H,4-5,8,11-17H2. The van der Waals surface area contributed by atoms with Crippen molar-refractivity contribution < 1.29 is 4.74 Å². The van der Waals surface area contributed by atoms with Crippen LogP contribution in [0, 0.1) is 0 Å². The van der Waals surface area contributed by atoms with Gasteiger partial charge in [0.15, 0.2) is 0 Å². The average molecular weight is 357 g/mol. The van der Waals surface area contributed by atoms with Gasteiger partial charge in [-0.15, -0.1) is 11.3 Å². The molecule has 2 aliphatic heterocycles. The normalized spacial score (nSPS) is 23.0. The summed E-state index contributed by atoms with van der Waals surface area (Å²) in [4.78, 5) is 8.20. The third-order valence-electron chi connectivity index (χ3n) is 5.40. The number of morpholine rings is 1. The second-order valence-electron chi connectivity index (χ2n) is 7.17. The SMILES string of the molecule is c1ccc(-c2ccc(CN3CCCCC3CN3CCOCC3)s2)cc1. The van der Waals surface area contributed by atoms with Gasteiger partial charge in [-0.3, -0.25) is 9.80 Å². The molecule has 2 aliphatic rings. The van der Waals surface area contributed by atoms with Gasteiger partial charge in [-0.1, -0.05) is 36.8 Å². The summed E-state index contributed by atoms with van der Waals surface area (Å²) in [7, 11) is 0. The highest BCUT2D eigenvalue weighted by Crippen LogP contribution is 2.30. The van der Waals surface area contributed by atoms with Crippen molar-refractivity contribution in [2.45, 2.75) is 31.8 Å². The van der Waals surface area contributed by atoms with E-state index in [-0.39, 0.29) is 0 Å². The highest BCUT2D eigenvalue weighted by atomic mass is 32.1. The Labute approximate surface area is 155 Å². The molecule has 0 radical (unpaired) electrons. The first-order valence-corrected chi connectivity index (χ1v) is 10.4. The molecular weight excluding hydrogens is 328 g/mol. The Morgan fingerprint density at radius 2 is 1.80 bits per heavy atom. The van der Waals surface area contributed by atoms with E-state index in [1.165, 1.54) is 47.7 Å². The molecule has 4 rings (SSSR count). The Kier molecular flexibility index (Phi) is 5.83. The molecule has 1 unspecified atom stereocenters. The van der Waals surface area contributed by atoms with E-state index in [1.54, 1.807) is 0 Å². The van der Waals surface area contributed by atoms with Crippen LogP contribution in [0.15, 0.2) is 42.5 Å². The van der Waals surface area contributed by atoms with Crippen LogP contribution in [-0.2, 0) is 11.3 Å². The predicted molar refractivity (Wildman–Crippen MR) is 105 cm³/mol. The molecule has 0 amide bonds. The molecule has 134 valence electrons. The van der Waals surface area contributed by atoms with Crippen molar-refractivity contribution in [1.29, 1.82) is 0 Å². The molecule has 0 bridgehead atoms. The lowest BCUT2D eigenvalue weighted by Gasteiger charge is -2.39. The van der Waals surface area contributed by atoms with Gasteiger partial charge in [0.05, 0.1) is 13.2 Å². The maximum atomic E-state index is 5.50. The molecular formula is C21H28N2OS. The Morgan fingerprint density at radius 1 is 0.960 bits per heavy atom. The topological polar surface area (TPSA) is 15.7 Å². The summed E-state index contributed by atoms with van der Waals surface area (Å²) in [5, 5.41) is 0. The smallest absolute Gasteiger partial charge is 0.0594 e. The summed E-state index contributed by atoms with van der Waals surface area (Å²) >= 11 is 1.95. The van der Waals surface area contributed by atoms with E-state index < -0.39 is 0 Å². The summed E-state index contributed by atoms with van der Waals surface area (Å²) in [5.41, 5.74) is 1.34. The third kappa shape index (κ3) is 4.50. The first-order valence-electron chi connectivity index (χ1n) is 9.57. The number of nitrogens with zero attached hydrogens (tertiary/aromatic N) is 2. The van der Waals surface area contributed by atoms with Gasteiger partial charge in [0, 0.05) is 42.0 Å². The number of likely N-dealkylation sites (tertiary alicyclic amines) is 1. The molecule has 1 atom stereocenters. The summed E-state index contributed by atoms with van der Waals surface area (Å²) in [6, 6.07) is 16.1. The van der Waals surface area contributed by atoms with Crippen LogP contribution in [0.4, 0.5) is 0 Å². The maximum absolute atomic E-state index is 5.50. The van der Waals surface area contributed by atoms with E-state index in [2.05, 4.69) is 52.3 Å². The number of thiophene rings is 1. The van der Waals surface area contributed by atoms with Crippen LogP contribution >= 0.6 is 11.3 Å². The van der Waals surface area contributed by atoms with Crippen LogP contribution in [0.1, 0.15) is 24.1 Å². The Bertz CT molecular complexity index is 651. The zero-order valence-electron chi connectivity index (χ0n) is 14.9. The molecule has 1 aromatic heterocycles. The lowest BCUT2D eigenvalue weighted by molar-refractivity contribution is 0.0155. The van der Waals surface area contributed by atoms with Gasteiger partial charge in [0.2, 0.25) is 0 Å². The van der Waals surface area contributed by atoms with Crippen molar-refractivity contribution in [3.63, 3.8) is 0 Å². The molecule has 2 saturated heterocycles. The maximum Gasteiger partial charge on any atom is 0.0594 e. The fourth-order valence-electron chi connectivity index (χ4n) is 3.98. The molecule has 0 saturated carbocycles. The highest BCUT2D eigenvalue weighted by Gasteiger charge is 2.25. The number of hydrogen-bond acceptors (Lipinski definition) is 4.